The minimum Gasteiger partial charge on any atom is -0.352 e. The molecule has 1 amide bonds. The van der Waals surface area contributed by atoms with Crippen LogP contribution in [0.1, 0.15) is 18.1 Å². The second kappa shape index (κ2) is 7.59. The quantitative estimate of drug-likeness (QED) is 0.838. The Morgan fingerprint density at radius 2 is 1.48 bits per heavy atom. The molecule has 0 spiro atoms. The second-order valence-corrected chi connectivity index (χ2v) is 7.21. The molecule has 0 radical (unpaired) electrons. The van der Waals surface area contributed by atoms with E-state index in [2.05, 4.69) is 10.0 Å². The highest BCUT2D eigenvalue weighted by atomic mass is 35.5. The Labute approximate surface area is 140 Å². The molecule has 5 nitrogen and oxygen atoms in total. The summed E-state index contributed by atoms with van der Waals surface area (Å²) in [7, 11) is -3.59. The van der Waals surface area contributed by atoms with Gasteiger partial charge in [-0.3, -0.25) is 4.79 Å². The lowest BCUT2D eigenvalue weighted by molar-refractivity contribution is -0.119. The standard InChI is InChI=1S/C16H17ClN2O3S/c1-12(20)18-10-13-4-8-16(9-5-13)23(21,22)19-11-14-2-6-15(17)7-3-14/h2-9,19H,10-11H2,1H3,(H,18,20). The molecular weight excluding hydrogens is 336 g/mol. The number of amides is 1. The molecule has 2 N–H and O–H groups in total. The number of halogens is 1. The van der Waals surface area contributed by atoms with Gasteiger partial charge in [0.1, 0.15) is 0 Å². The lowest BCUT2D eigenvalue weighted by Gasteiger charge is -2.08. The van der Waals surface area contributed by atoms with Crippen molar-refractivity contribution in [3.8, 4) is 0 Å². The van der Waals surface area contributed by atoms with Crippen molar-refractivity contribution in [3.63, 3.8) is 0 Å². The Hall–Kier alpha value is -1.89. The van der Waals surface area contributed by atoms with Gasteiger partial charge in [0.15, 0.2) is 0 Å². The molecule has 0 heterocycles. The number of hydrogen-bond acceptors (Lipinski definition) is 3. The van der Waals surface area contributed by atoms with Gasteiger partial charge in [-0.05, 0) is 35.4 Å². The summed E-state index contributed by atoms with van der Waals surface area (Å²) in [6.07, 6.45) is 0. The average molecular weight is 353 g/mol. The summed E-state index contributed by atoms with van der Waals surface area (Å²) in [5.41, 5.74) is 1.65. The molecule has 0 bridgehead atoms. The first-order valence-corrected chi connectivity index (χ1v) is 8.80. The average Bonchev–Trinajstić information content (AvgIpc) is 2.53. The minimum atomic E-state index is -3.59. The predicted molar refractivity (Wildman–Crippen MR) is 89.4 cm³/mol. The molecule has 0 aromatic heterocycles. The van der Waals surface area contributed by atoms with E-state index in [4.69, 9.17) is 11.6 Å². The molecule has 0 fully saturated rings. The molecular formula is C16H17ClN2O3S. The van der Waals surface area contributed by atoms with E-state index >= 15 is 0 Å². The molecule has 0 saturated heterocycles. The molecule has 0 saturated carbocycles. The lowest BCUT2D eigenvalue weighted by atomic mass is 10.2. The van der Waals surface area contributed by atoms with E-state index < -0.39 is 10.0 Å². The number of nitrogens with one attached hydrogen (secondary N) is 2. The number of carbonyl (C=O) groups excluding carboxylic acids is 1. The summed E-state index contributed by atoms with van der Waals surface area (Å²) in [5.74, 6) is -0.133. The maximum absolute atomic E-state index is 12.2. The van der Waals surface area contributed by atoms with Gasteiger partial charge in [-0.15, -0.1) is 0 Å². The van der Waals surface area contributed by atoms with E-state index in [1.165, 1.54) is 19.1 Å². The zero-order chi connectivity index (χ0) is 16.9. The second-order valence-electron chi connectivity index (χ2n) is 5.00. The molecule has 7 heteroatoms. The third-order valence-corrected chi connectivity index (χ3v) is 4.82. The lowest BCUT2D eigenvalue weighted by Crippen LogP contribution is -2.23. The van der Waals surface area contributed by atoms with Crippen LogP contribution in [0.2, 0.25) is 5.02 Å². The van der Waals surface area contributed by atoms with Gasteiger partial charge in [-0.25, -0.2) is 13.1 Å². The zero-order valence-electron chi connectivity index (χ0n) is 12.5. The first-order valence-electron chi connectivity index (χ1n) is 6.94. The van der Waals surface area contributed by atoms with Crippen LogP contribution in [0.25, 0.3) is 0 Å². The SMILES string of the molecule is CC(=O)NCc1ccc(S(=O)(=O)NCc2ccc(Cl)cc2)cc1. The van der Waals surface area contributed by atoms with Gasteiger partial charge in [0.05, 0.1) is 4.90 Å². The van der Waals surface area contributed by atoms with Crippen molar-refractivity contribution >= 4 is 27.5 Å². The molecule has 0 aliphatic rings. The summed E-state index contributed by atoms with van der Waals surface area (Å²) in [5, 5.41) is 3.26. The Balaban J connectivity index is 2.01. The van der Waals surface area contributed by atoms with Crippen molar-refractivity contribution in [3.05, 3.63) is 64.7 Å². The van der Waals surface area contributed by atoms with E-state index in [0.29, 0.717) is 11.6 Å². The van der Waals surface area contributed by atoms with Crippen LogP contribution in [0, 0.1) is 0 Å². The fourth-order valence-corrected chi connectivity index (χ4v) is 3.02. The van der Waals surface area contributed by atoms with Crippen LogP contribution in [-0.4, -0.2) is 14.3 Å². The van der Waals surface area contributed by atoms with Gasteiger partial charge in [0.25, 0.3) is 0 Å². The van der Waals surface area contributed by atoms with Crippen molar-refractivity contribution in [1.82, 2.24) is 10.0 Å². The topological polar surface area (TPSA) is 75.3 Å². The molecule has 2 rings (SSSR count). The predicted octanol–water partition coefficient (Wildman–Crippen LogP) is 2.45. The highest BCUT2D eigenvalue weighted by Gasteiger charge is 2.13. The van der Waals surface area contributed by atoms with Crippen LogP contribution in [0.4, 0.5) is 0 Å². The van der Waals surface area contributed by atoms with Crippen LogP contribution in [0.5, 0.6) is 0 Å². The third kappa shape index (κ3) is 5.35. The van der Waals surface area contributed by atoms with Gasteiger partial charge < -0.3 is 5.32 Å². The molecule has 122 valence electrons. The van der Waals surface area contributed by atoms with Gasteiger partial charge >= 0.3 is 0 Å². The van der Waals surface area contributed by atoms with E-state index in [1.807, 2.05) is 0 Å². The summed E-state index contributed by atoms with van der Waals surface area (Å²) in [6, 6.07) is 13.3. The largest absolute Gasteiger partial charge is 0.352 e. The van der Waals surface area contributed by atoms with Gasteiger partial charge in [-0.1, -0.05) is 35.9 Å². The Morgan fingerprint density at radius 1 is 0.957 bits per heavy atom. The highest BCUT2D eigenvalue weighted by molar-refractivity contribution is 7.89. The van der Waals surface area contributed by atoms with E-state index in [0.717, 1.165) is 11.1 Å². The fraction of sp³-hybridized carbons (Fsp3) is 0.188. The first kappa shape index (κ1) is 17.5. The van der Waals surface area contributed by atoms with E-state index in [-0.39, 0.29) is 17.3 Å². The van der Waals surface area contributed by atoms with Crippen molar-refractivity contribution in [2.24, 2.45) is 0 Å². The summed E-state index contributed by atoms with van der Waals surface area (Å²) in [6.45, 7) is 1.99. The molecule has 0 aliphatic carbocycles. The summed E-state index contributed by atoms with van der Waals surface area (Å²) >= 11 is 5.79. The van der Waals surface area contributed by atoms with Gasteiger partial charge in [0, 0.05) is 25.0 Å². The molecule has 0 atom stereocenters. The number of carbonyl (C=O) groups is 1. The normalized spacial score (nSPS) is 11.2. The van der Waals surface area contributed by atoms with Gasteiger partial charge in [-0.2, -0.15) is 0 Å². The number of rotatable bonds is 6. The Morgan fingerprint density at radius 3 is 2.04 bits per heavy atom. The fourth-order valence-electron chi connectivity index (χ4n) is 1.88. The van der Waals surface area contributed by atoms with E-state index in [9.17, 15) is 13.2 Å². The van der Waals surface area contributed by atoms with Crippen molar-refractivity contribution in [2.75, 3.05) is 0 Å². The summed E-state index contributed by atoms with van der Waals surface area (Å²) < 4.78 is 27.0. The molecule has 0 aliphatic heterocycles. The Bertz CT molecular complexity index is 772. The van der Waals surface area contributed by atoms with Crippen LogP contribution in [0.3, 0.4) is 0 Å². The van der Waals surface area contributed by atoms with Gasteiger partial charge in [0.2, 0.25) is 15.9 Å². The first-order chi connectivity index (χ1) is 10.9. The van der Waals surface area contributed by atoms with Crippen molar-refractivity contribution in [1.29, 1.82) is 0 Å². The molecule has 23 heavy (non-hydrogen) atoms. The maximum atomic E-state index is 12.2. The highest BCUT2D eigenvalue weighted by Crippen LogP contribution is 2.13. The molecule has 2 aromatic rings. The number of hydrogen-bond donors (Lipinski definition) is 2. The number of sulfonamides is 1. The Kier molecular flexibility index (Phi) is 5.76. The third-order valence-electron chi connectivity index (χ3n) is 3.15. The zero-order valence-corrected chi connectivity index (χ0v) is 14.1. The summed E-state index contributed by atoms with van der Waals surface area (Å²) in [4.78, 5) is 11.0. The van der Waals surface area contributed by atoms with Crippen LogP contribution >= 0.6 is 11.6 Å². The van der Waals surface area contributed by atoms with E-state index in [1.54, 1.807) is 36.4 Å². The molecule has 2 aromatic carbocycles. The smallest absolute Gasteiger partial charge is 0.240 e. The van der Waals surface area contributed by atoms with Crippen LogP contribution in [-0.2, 0) is 27.9 Å². The van der Waals surface area contributed by atoms with Crippen molar-refractivity contribution < 1.29 is 13.2 Å². The maximum Gasteiger partial charge on any atom is 0.240 e. The van der Waals surface area contributed by atoms with Crippen LogP contribution in [0.15, 0.2) is 53.4 Å². The van der Waals surface area contributed by atoms with Crippen LogP contribution < -0.4 is 10.0 Å². The number of benzene rings is 2. The monoisotopic (exact) mass is 352 g/mol. The minimum absolute atomic E-state index is 0.133. The molecule has 0 unspecified atom stereocenters. The van der Waals surface area contributed by atoms with Crippen molar-refractivity contribution in [2.45, 2.75) is 24.9 Å².